The second-order valence-corrected chi connectivity index (χ2v) is 8.29. The van der Waals surface area contributed by atoms with Crippen molar-refractivity contribution in [3.05, 3.63) is 69.1 Å². The second-order valence-electron chi connectivity index (χ2n) is 8.29. The molecule has 0 saturated carbocycles. The minimum Gasteiger partial charge on any atom is -0.493 e. The number of benzene rings is 2. The van der Waals surface area contributed by atoms with E-state index >= 15 is 0 Å². The highest BCUT2D eigenvalue weighted by molar-refractivity contribution is 6.04. The molecule has 162 valence electrons. The lowest BCUT2D eigenvalue weighted by Crippen LogP contribution is -2.35. The van der Waals surface area contributed by atoms with E-state index in [1.54, 1.807) is 12.1 Å². The summed E-state index contributed by atoms with van der Waals surface area (Å²) in [4.78, 5) is 26.2. The van der Waals surface area contributed by atoms with Gasteiger partial charge < -0.3 is 10.1 Å². The van der Waals surface area contributed by atoms with Gasteiger partial charge in [-0.3, -0.25) is 9.59 Å². The van der Waals surface area contributed by atoms with Crippen molar-refractivity contribution in [3.8, 4) is 5.75 Å². The number of carbonyl (C=O) groups excluding carboxylic acids is 1. The lowest BCUT2D eigenvalue weighted by atomic mass is 9.95. The van der Waals surface area contributed by atoms with Crippen molar-refractivity contribution < 1.29 is 9.53 Å². The van der Waals surface area contributed by atoms with Gasteiger partial charge in [-0.05, 0) is 31.9 Å². The van der Waals surface area contributed by atoms with Crippen molar-refractivity contribution in [1.82, 2.24) is 15.1 Å². The molecule has 0 fully saturated rings. The van der Waals surface area contributed by atoms with Gasteiger partial charge in [0.25, 0.3) is 11.5 Å². The van der Waals surface area contributed by atoms with Gasteiger partial charge in [0.1, 0.15) is 5.75 Å². The Morgan fingerprint density at radius 1 is 1.19 bits per heavy atom. The number of hydrogen-bond acceptors (Lipinski definition) is 4. The zero-order chi connectivity index (χ0) is 22.0. The molecule has 1 atom stereocenters. The molecule has 6 nitrogen and oxygen atoms in total. The molecule has 0 radical (unpaired) electrons. The number of nitrogens with one attached hydrogen (secondary N) is 1. The monoisotopic (exact) mass is 419 g/mol. The van der Waals surface area contributed by atoms with Crippen molar-refractivity contribution in [2.45, 2.75) is 59.0 Å². The normalized spacial score (nSPS) is 15.4. The Kier molecular flexibility index (Phi) is 6.07. The zero-order valence-corrected chi connectivity index (χ0v) is 18.4. The largest absolute Gasteiger partial charge is 0.493 e. The highest BCUT2D eigenvalue weighted by Crippen LogP contribution is 2.36. The van der Waals surface area contributed by atoms with Gasteiger partial charge in [-0.25, -0.2) is 4.68 Å². The average molecular weight is 420 g/mol. The minimum atomic E-state index is -0.266. The van der Waals surface area contributed by atoms with E-state index in [1.165, 1.54) is 4.68 Å². The van der Waals surface area contributed by atoms with Crippen LogP contribution in [0.3, 0.4) is 0 Å². The molecule has 1 N–H and O–H groups in total. The number of unbranched alkanes of at least 4 members (excludes halogenated alkanes) is 2. The van der Waals surface area contributed by atoms with E-state index in [4.69, 9.17) is 4.74 Å². The topological polar surface area (TPSA) is 73.2 Å². The maximum Gasteiger partial charge on any atom is 0.274 e. The third-order valence-corrected chi connectivity index (χ3v) is 5.84. The number of rotatable bonds is 6. The van der Waals surface area contributed by atoms with Gasteiger partial charge in [-0.2, -0.15) is 5.10 Å². The SMILES string of the molecule is CCCCCn1nc(C(=O)NC2CCOc3c(C)cc(C)cc32)c2ccccc2c1=O. The molecule has 4 rings (SSSR count). The molecule has 1 amide bonds. The number of carbonyl (C=O) groups is 1. The van der Waals surface area contributed by atoms with Crippen LogP contribution in [0.15, 0.2) is 41.2 Å². The summed E-state index contributed by atoms with van der Waals surface area (Å²) in [6.07, 6.45) is 3.61. The predicted octanol–water partition coefficient (Wildman–Crippen LogP) is 4.46. The molecule has 3 aromatic rings. The minimum absolute atomic E-state index is 0.147. The average Bonchev–Trinajstić information content (AvgIpc) is 2.76. The van der Waals surface area contributed by atoms with Crippen LogP contribution >= 0.6 is 0 Å². The molecule has 6 heteroatoms. The number of aryl methyl sites for hydroxylation is 3. The first-order chi connectivity index (χ1) is 15.0. The first kappa shape index (κ1) is 21.1. The first-order valence-corrected chi connectivity index (χ1v) is 11.0. The fourth-order valence-corrected chi connectivity index (χ4v) is 4.32. The van der Waals surface area contributed by atoms with E-state index in [9.17, 15) is 9.59 Å². The van der Waals surface area contributed by atoms with E-state index in [-0.39, 0.29) is 17.5 Å². The highest BCUT2D eigenvalue weighted by Gasteiger charge is 2.26. The third-order valence-electron chi connectivity index (χ3n) is 5.84. The number of nitrogens with zero attached hydrogens (tertiary/aromatic N) is 2. The van der Waals surface area contributed by atoms with Gasteiger partial charge in [-0.1, -0.05) is 55.7 Å². The second kappa shape index (κ2) is 8.92. The van der Waals surface area contributed by atoms with Crippen LogP contribution in [0.1, 0.15) is 65.8 Å². The van der Waals surface area contributed by atoms with Crippen molar-refractivity contribution in [2.75, 3.05) is 6.61 Å². The quantitative estimate of drug-likeness (QED) is 0.599. The third kappa shape index (κ3) is 4.20. The molecule has 2 aromatic carbocycles. The Hall–Kier alpha value is -3.15. The van der Waals surface area contributed by atoms with Gasteiger partial charge in [0.05, 0.1) is 18.0 Å². The standard InChI is InChI=1S/C25H29N3O3/c1-4-5-8-12-28-25(30)19-10-7-6-9-18(19)22(27-28)24(29)26-21-11-13-31-23-17(3)14-16(2)15-20(21)23/h6-7,9-10,14-15,21H,4-5,8,11-13H2,1-3H3,(H,26,29). The van der Waals surface area contributed by atoms with Crippen molar-refractivity contribution in [3.63, 3.8) is 0 Å². The number of aromatic nitrogens is 2. The maximum absolute atomic E-state index is 13.4. The van der Waals surface area contributed by atoms with Crippen molar-refractivity contribution in [2.24, 2.45) is 0 Å². The van der Waals surface area contributed by atoms with E-state index in [0.717, 1.165) is 41.7 Å². The fourth-order valence-electron chi connectivity index (χ4n) is 4.32. The molecule has 1 aliphatic rings. The number of amides is 1. The smallest absolute Gasteiger partial charge is 0.274 e. The summed E-state index contributed by atoms with van der Waals surface area (Å²) in [5.74, 6) is 0.585. The Labute approximate surface area is 182 Å². The lowest BCUT2D eigenvalue weighted by molar-refractivity contribution is 0.0919. The summed E-state index contributed by atoms with van der Waals surface area (Å²) >= 11 is 0. The molecule has 0 spiro atoms. The molecule has 1 unspecified atom stereocenters. The van der Waals surface area contributed by atoms with Crippen LogP contribution in [0.4, 0.5) is 0 Å². The van der Waals surface area contributed by atoms with E-state index in [1.807, 2.05) is 26.0 Å². The van der Waals surface area contributed by atoms with E-state index in [0.29, 0.717) is 36.0 Å². The molecule has 2 heterocycles. The zero-order valence-electron chi connectivity index (χ0n) is 18.4. The Morgan fingerprint density at radius 3 is 2.74 bits per heavy atom. The van der Waals surface area contributed by atoms with Crippen molar-refractivity contribution >= 4 is 16.7 Å². The summed E-state index contributed by atoms with van der Waals surface area (Å²) < 4.78 is 7.32. The molecule has 0 saturated heterocycles. The molecular formula is C25H29N3O3. The Balaban J connectivity index is 1.70. The van der Waals surface area contributed by atoms with Crippen LogP contribution in [0.25, 0.3) is 10.8 Å². The van der Waals surface area contributed by atoms with Gasteiger partial charge in [0.2, 0.25) is 0 Å². The van der Waals surface area contributed by atoms with E-state index in [2.05, 4.69) is 29.5 Å². The molecule has 31 heavy (non-hydrogen) atoms. The number of hydrogen-bond donors (Lipinski definition) is 1. The maximum atomic E-state index is 13.4. The molecular weight excluding hydrogens is 390 g/mol. The lowest BCUT2D eigenvalue weighted by Gasteiger charge is -2.28. The summed E-state index contributed by atoms with van der Waals surface area (Å²) in [7, 11) is 0. The van der Waals surface area contributed by atoms with Crippen LogP contribution < -0.4 is 15.6 Å². The fraction of sp³-hybridized carbons (Fsp3) is 0.400. The first-order valence-electron chi connectivity index (χ1n) is 11.0. The predicted molar refractivity (Wildman–Crippen MR) is 122 cm³/mol. The summed E-state index contributed by atoms with van der Waals surface area (Å²) in [6, 6.07) is 11.2. The van der Waals surface area contributed by atoms with Crippen molar-refractivity contribution in [1.29, 1.82) is 0 Å². The number of fused-ring (bicyclic) bond motifs is 2. The summed E-state index contributed by atoms with van der Waals surface area (Å²) in [6.45, 7) is 7.24. The van der Waals surface area contributed by atoms with Gasteiger partial charge in [-0.15, -0.1) is 0 Å². The summed E-state index contributed by atoms with van der Waals surface area (Å²) in [5.41, 5.74) is 3.35. The Morgan fingerprint density at radius 2 is 1.97 bits per heavy atom. The van der Waals surface area contributed by atoms with Crippen LogP contribution in [-0.4, -0.2) is 22.3 Å². The molecule has 0 aliphatic carbocycles. The van der Waals surface area contributed by atoms with Gasteiger partial charge in [0, 0.05) is 23.9 Å². The van der Waals surface area contributed by atoms with Crippen LogP contribution in [0.5, 0.6) is 5.75 Å². The Bertz CT molecular complexity index is 1180. The van der Waals surface area contributed by atoms with Crippen LogP contribution in [-0.2, 0) is 6.54 Å². The molecule has 1 aromatic heterocycles. The molecule has 0 bridgehead atoms. The summed E-state index contributed by atoms with van der Waals surface area (Å²) in [5, 5.41) is 8.76. The number of ether oxygens (including phenoxy) is 1. The van der Waals surface area contributed by atoms with Crippen LogP contribution in [0, 0.1) is 13.8 Å². The van der Waals surface area contributed by atoms with Gasteiger partial charge in [0.15, 0.2) is 5.69 Å². The van der Waals surface area contributed by atoms with Gasteiger partial charge >= 0.3 is 0 Å². The van der Waals surface area contributed by atoms with Crippen LogP contribution in [0.2, 0.25) is 0 Å². The highest BCUT2D eigenvalue weighted by atomic mass is 16.5. The molecule has 1 aliphatic heterocycles. The van der Waals surface area contributed by atoms with E-state index < -0.39 is 0 Å².